The third kappa shape index (κ3) is 7.04. The summed E-state index contributed by atoms with van der Waals surface area (Å²) < 4.78 is 5.39. The molecule has 0 aromatic heterocycles. The Morgan fingerprint density at radius 1 is 1.26 bits per heavy atom. The van der Waals surface area contributed by atoms with Gasteiger partial charge in [-0.1, -0.05) is 43.2 Å². The highest BCUT2D eigenvalue weighted by Gasteiger charge is 2.25. The van der Waals surface area contributed by atoms with Crippen LogP contribution in [0.15, 0.2) is 30.3 Å². The van der Waals surface area contributed by atoms with Crippen molar-refractivity contribution in [3.8, 4) is 0 Å². The van der Waals surface area contributed by atoms with Gasteiger partial charge in [0.1, 0.15) is 5.60 Å². The molecule has 1 amide bonds. The zero-order valence-electron chi connectivity index (χ0n) is 14.8. The van der Waals surface area contributed by atoms with Crippen LogP contribution in [0, 0.1) is 5.92 Å². The van der Waals surface area contributed by atoms with Gasteiger partial charge in [-0.25, -0.2) is 4.79 Å². The summed E-state index contributed by atoms with van der Waals surface area (Å²) in [5.74, 6) is 0.895. The first kappa shape index (κ1) is 17.8. The van der Waals surface area contributed by atoms with Crippen LogP contribution in [0.2, 0.25) is 0 Å². The van der Waals surface area contributed by atoms with Gasteiger partial charge in [-0.2, -0.15) is 0 Å². The number of ether oxygens (including phenoxy) is 1. The van der Waals surface area contributed by atoms with E-state index in [2.05, 4.69) is 17.6 Å². The van der Waals surface area contributed by atoms with Crippen molar-refractivity contribution in [3.63, 3.8) is 0 Å². The molecule has 1 aromatic rings. The second-order valence-electron chi connectivity index (χ2n) is 7.60. The second-order valence-corrected chi connectivity index (χ2v) is 7.60. The maximum atomic E-state index is 12.1. The number of benzene rings is 1. The maximum Gasteiger partial charge on any atom is 0.408 e. The van der Waals surface area contributed by atoms with Crippen LogP contribution in [-0.4, -0.2) is 24.3 Å². The number of alkyl carbamates (subject to hydrolysis) is 1. The lowest BCUT2D eigenvalue weighted by molar-refractivity contribution is 0.0502. The molecule has 4 nitrogen and oxygen atoms in total. The van der Waals surface area contributed by atoms with Gasteiger partial charge in [0, 0.05) is 12.6 Å². The highest BCUT2D eigenvalue weighted by Crippen LogP contribution is 2.33. The Morgan fingerprint density at radius 2 is 1.91 bits per heavy atom. The van der Waals surface area contributed by atoms with Crippen molar-refractivity contribution in [1.29, 1.82) is 0 Å². The lowest BCUT2D eigenvalue weighted by atomic mass is 10.1. The van der Waals surface area contributed by atoms with E-state index in [-0.39, 0.29) is 12.1 Å². The van der Waals surface area contributed by atoms with E-state index < -0.39 is 5.60 Å². The lowest BCUT2D eigenvalue weighted by Crippen LogP contribution is -2.41. The first-order valence-corrected chi connectivity index (χ1v) is 8.61. The van der Waals surface area contributed by atoms with Crippen LogP contribution in [0.25, 0.3) is 0 Å². The van der Waals surface area contributed by atoms with Crippen LogP contribution >= 0.6 is 0 Å². The molecule has 1 aliphatic carbocycles. The summed E-state index contributed by atoms with van der Waals surface area (Å²) >= 11 is 0. The van der Waals surface area contributed by atoms with Crippen molar-refractivity contribution >= 4 is 6.09 Å². The first-order valence-electron chi connectivity index (χ1n) is 8.61. The Labute approximate surface area is 140 Å². The van der Waals surface area contributed by atoms with E-state index in [1.165, 1.54) is 19.3 Å². The van der Waals surface area contributed by atoms with Crippen LogP contribution < -0.4 is 10.6 Å². The molecule has 2 unspecified atom stereocenters. The molecular formula is C19H30N2O2. The molecule has 0 heterocycles. The number of nitrogens with one attached hydrogen (secondary N) is 2. The van der Waals surface area contributed by atoms with Gasteiger partial charge in [0.15, 0.2) is 0 Å². The van der Waals surface area contributed by atoms with Crippen molar-refractivity contribution in [2.45, 2.75) is 64.6 Å². The van der Waals surface area contributed by atoms with E-state index in [1.807, 2.05) is 51.1 Å². The van der Waals surface area contributed by atoms with Gasteiger partial charge in [-0.3, -0.25) is 0 Å². The van der Waals surface area contributed by atoms with Gasteiger partial charge in [-0.15, -0.1) is 0 Å². The van der Waals surface area contributed by atoms with Crippen LogP contribution in [0.1, 0.15) is 58.6 Å². The summed E-state index contributed by atoms with van der Waals surface area (Å²) in [5.41, 5.74) is 0.599. The van der Waals surface area contributed by atoms with Gasteiger partial charge < -0.3 is 15.4 Å². The smallest absolute Gasteiger partial charge is 0.408 e. The third-order valence-corrected chi connectivity index (χ3v) is 3.95. The Kier molecular flexibility index (Phi) is 6.05. The Morgan fingerprint density at radius 3 is 2.48 bits per heavy atom. The number of hydrogen-bond donors (Lipinski definition) is 2. The molecule has 0 aliphatic heterocycles. The van der Waals surface area contributed by atoms with Gasteiger partial charge >= 0.3 is 6.09 Å². The topological polar surface area (TPSA) is 50.4 Å². The van der Waals surface area contributed by atoms with Crippen LogP contribution in [0.3, 0.4) is 0 Å². The van der Waals surface area contributed by atoms with Crippen LogP contribution in [-0.2, 0) is 4.74 Å². The minimum Gasteiger partial charge on any atom is -0.444 e. The molecule has 1 saturated carbocycles. The average Bonchev–Trinajstić information content (AvgIpc) is 3.26. The Balaban J connectivity index is 1.92. The predicted octanol–water partition coefficient (Wildman–Crippen LogP) is 4.03. The summed E-state index contributed by atoms with van der Waals surface area (Å²) in [6.45, 7) is 8.55. The molecule has 2 N–H and O–H groups in total. The molecule has 0 saturated heterocycles. The average molecular weight is 318 g/mol. The summed E-state index contributed by atoms with van der Waals surface area (Å²) in [5, 5.41) is 6.54. The molecule has 0 radical (unpaired) electrons. The van der Waals surface area contributed by atoms with E-state index in [0.717, 1.165) is 11.5 Å². The number of carbonyl (C=O) groups excluding carboxylic acids is 1. The molecule has 23 heavy (non-hydrogen) atoms. The fourth-order valence-corrected chi connectivity index (χ4v) is 2.64. The quantitative estimate of drug-likeness (QED) is 0.798. The van der Waals surface area contributed by atoms with Gasteiger partial charge in [0.2, 0.25) is 0 Å². The molecule has 0 spiro atoms. The molecule has 2 rings (SSSR count). The van der Waals surface area contributed by atoms with E-state index in [0.29, 0.717) is 12.6 Å². The van der Waals surface area contributed by atoms with Crippen molar-refractivity contribution in [2.24, 2.45) is 5.92 Å². The highest BCUT2D eigenvalue weighted by molar-refractivity contribution is 5.68. The number of amides is 1. The van der Waals surface area contributed by atoms with Crippen molar-refractivity contribution in [2.75, 3.05) is 6.54 Å². The van der Waals surface area contributed by atoms with Gasteiger partial charge in [0.05, 0.1) is 6.04 Å². The van der Waals surface area contributed by atoms with Crippen molar-refractivity contribution in [1.82, 2.24) is 10.6 Å². The standard InChI is InChI=1S/C19H30N2O2/c1-14(12-15-10-11-15)20-13-17(16-8-6-5-7-9-16)21-18(22)23-19(2,3)4/h5-9,14-15,17,20H,10-13H2,1-4H3,(H,21,22). The SMILES string of the molecule is CC(CC1CC1)NCC(NC(=O)OC(C)(C)C)c1ccccc1. The molecule has 0 bridgehead atoms. The highest BCUT2D eigenvalue weighted by atomic mass is 16.6. The van der Waals surface area contributed by atoms with Crippen molar-refractivity contribution < 1.29 is 9.53 Å². The van der Waals surface area contributed by atoms with Crippen LogP contribution in [0.5, 0.6) is 0 Å². The summed E-state index contributed by atoms with van der Waals surface area (Å²) in [6, 6.07) is 10.4. The van der Waals surface area contributed by atoms with Gasteiger partial charge in [0.25, 0.3) is 0 Å². The molecule has 4 heteroatoms. The fourth-order valence-electron chi connectivity index (χ4n) is 2.64. The predicted molar refractivity (Wildman–Crippen MR) is 93.4 cm³/mol. The minimum absolute atomic E-state index is 0.0901. The largest absolute Gasteiger partial charge is 0.444 e. The van der Waals surface area contributed by atoms with E-state index in [1.54, 1.807) is 0 Å². The maximum absolute atomic E-state index is 12.1. The van der Waals surface area contributed by atoms with E-state index >= 15 is 0 Å². The second kappa shape index (κ2) is 7.82. The van der Waals surface area contributed by atoms with Crippen molar-refractivity contribution in [3.05, 3.63) is 35.9 Å². The molecule has 1 aliphatic rings. The zero-order chi connectivity index (χ0) is 16.9. The number of rotatable bonds is 7. The minimum atomic E-state index is -0.488. The summed E-state index contributed by atoms with van der Waals surface area (Å²) in [4.78, 5) is 12.1. The Bertz CT molecular complexity index is 492. The van der Waals surface area contributed by atoms with Gasteiger partial charge in [-0.05, 0) is 45.6 Å². The summed E-state index contributed by atoms with van der Waals surface area (Å²) in [7, 11) is 0. The summed E-state index contributed by atoms with van der Waals surface area (Å²) in [6.07, 6.45) is 3.57. The Hall–Kier alpha value is -1.55. The molecule has 1 fully saturated rings. The van der Waals surface area contributed by atoms with Crippen LogP contribution in [0.4, 0.5) is 4.79 Å². The van der Waals surface area contributed by atoms with E-state index in [9.17, 15) is 4.79 Å². The lowest BCUT2D eigenvalue weighted by Gasteiger charge is -2.25. The monoisotopic (exact) mass is 318 g/mol. The fraction of sp³-hybridized carbons (Fsp3) is 0.632. The molecule has 1 aromatic carbocycles. The normalized spacial score (nSPS) is 17.4. The number of carbonyl (C=O) groups is 1. The molecular weight excluding hydrogens is 288 g/mol. The zero-order valence-corrected chi connectivity index (χ0v) is 14.8. The first-order chi connectivity index (χ1) is 10.8. The van der Waals surface area contributed by atoms with E-state index in [4.69, 9.17) is 4.74 Å². The molecule has 128 valence electrons. The third-order valence-electron chi connectivity index (χ3n) is 3.95. The molecule has 2 atom stereocenters. The number of hydrogen-bond acceptors (Lipinski definition) is 3.